The highest BCUT2D eigenvalue weighted by Crippen LogP contribution is 2.57. The maximum absolute atomic E-state index is 15.0. The summed E-state index contributed by atoms with van der Waals surface area (Å²) < 4.78 is 19.1. The molecule has 0 saturated carbocycles. The maximum Gasteiger partial charge on any atom is 0.410 e. The van der Waals surface area contributed by atoms with Gasteiger partial charge in [0.05, 0.1) is 25.4 Å². The first-order valence-corrected chi connectivity index (χ1v) is 23.3. The van der Waals surface area contributed by atoms with Crippen LogP contribution in [0.15, 0.2) is 84.9 Å². The molecule has 7 heteroatoms. The van der Waals surface area contributed by atoms with Crippen LogP contribution in [0, 0.1) is 0 Å². The molecule has 59 heavy (non-hydrogen) atoms. The van der Waals surface area contributed by atoms with E-state index >= 15 is 0 Å². The molecule has 0 radical (unpaired) electrons. The minimum atomic E-state index is -0.861. The summed E-state index contributed by atoms with van der Waals surface area (Å²) in [5.74, 6) is 1.85. The Morgan fingerprint density at radius 2 is 0.932 bits per heavy atom. The second-order valence-electron chi connectivity index (χ2n) is 21.7. The smallest absolute Gasteiger partial charge is 0.410 e. The number of likely N-dealkylation sites (tertiary alicyclic amines) is 1. The monoisotopic (exact) mass is 838 g/mol. The van der Waals surface area contributed by atoms with Gasteiger partial charge in [-0.2, -0.15) is 0 Å². The first kappa shape index (κ1) is 46.7. The van der Waals surface area contributed by atoms with E-state index in [1.807, 2.05) is 20.8 Å². The van der Waals surface area contributed by atoms with Gasteiger partial charge in [0.15, 0.2) is 0 Å². The molecule has 1 aliphatic rings. The van der Waals surface area contributed by atoms with Crippen LogP contribution in [0.3, 0.4) is 0 Å². The zero-order valence-corrected chi connectivity index (χ0v) is 41.3. The molecule has 1 aliphatic heterocycles. The number of carbonyl (C=O) groups excluding carboxylic acids is 1. The Kier molecular flexibility index (Phi) is 13.3. The van der Waals surface area contributed by atoms with E-state index in [2.05, 4.69) is 182 Å². The lowest BCUT2D eigenvalue weighted by Gasteiger charge is -2.44. The summed E-state index contributed by atoms with van der Waals surface area (Å²) in [6, 6.07) is 31.0. The molecule has 320 valence electrons. The van der Waals surface area contributed by atoms with Crippen LogP contribution >= 0.6 is 17.2 Å². The molecule has 0 aromatic heterocycles. The SMILES string of the molecule is COc1c(C(C)(C)C)cc(C(P)(c2cc(C(C)(C)C)c(OC)c(C(C)(C)C)c2)[C@@H]2C[C@H](P(c3ccccc3)c3ccccc3)CN2C(=O)OC(C)(C)C)cc1C(C)(C)C. The van der Waals surface area contributed by atoms with Crippen molar-refractivity contribution < 1.29 is 19.0 Å². The molecule has 1 unspecified atom stereocenters. The molecule has 1 amide bonds. The van der Waals surface area contributed by atoms with Gasteiger partial charge in [-0.15, -0.1) is 9.24 Å². The molecular weight excluding hydrogens is 765 g/mol. The average molecular weight is 838 g/mol. The van der Waals surface area contributed by atoms with E-state index in [0.717, 1.165) is 51.3 Å². The van der Waals surface area contributed by atoms with Gasteiger partial charge in [0.2, 0.25) is 0 Å². The fraction of sp³-hybridized carbons (Fsp3) is 0.519. The number of hydrogen-bond acceptors (Lipinski definition) is 4. The minimum Gasteiger partial charge on any atom is -0.496 e. The number of rotatable bonds is 8. The zero-order valence-electron chi connectivity index (χ0n) is 39.3. The summed E-state index contributed by atoms with van der Waals surface area (Å²) in [7, 11) is 6.14. The van der Waals surface area contributed by atoms with Crippen molar-refractivity contribution >= 4 is 33.9 Å². The molecule has 4 aromatic rings. The van der Waals surface area contributed by atoms with Gasteiger partial charge in [-0.05, 0) is 78.5 Å². The topological polar surface area (TPSA) is 48.0 Å². The predicted octanol–water partition coefficient (Wildman–Crippen LogP) is 12.5. The minimum absolute atomic E-state index is 0.150. The quantitative estimate of drug-likeness (QED) is 0.166. The largest absolute Gasteiger partial charge is 0.496 e. The van der Waals surface area contributed by atoms with Crippen molar-refractivity contribution in [3.63, 3.8) is 0 Å². The molecule has 1 fully saturated rings. The maximum atomic E-state index is 15.0. The van der Waals surface area contributed by atoms with Gasteiger partial charge in [-0.25, -0.2) is 4.79 Å². The van der Waals surface area contributed by atoms with Crippen LogP contribution in [-0.4, -0.2) is 49.1 Å². The number of nitrogens with zero attached hydrogens (tertiary/aromatic N) is 1. The van der Waals surface area contributed by atoms with E-state index in [4.69, 9.17) is 14.2 Å². The van der Waals surface area contributed by atoms with Crippen LogP contribution in [-0.2, 0) is 31.6 Å². The molecular formula is C52H73NO4P2. The van der Waals surface area contributed by atoms with E-state index in [1.54, 1.807) is 14.2 Å². The van der Waals surface area contributed by atoms with Gasteiger partial charge in [0.1, 0.15) is 17.1 Å². The summed E-state index contributed by atoms with van der Waals surface area (Å²) in [6.45, 7) is 33.6. The number of benzene rings is 4. The molecule has 5 rings (SSSR count). The summed E-state index contributed by atoms with van der Waals surface area (Å²) >= 11 is 0. The summed E-state index contributed by atoms with van der Waals surface area (Å²) in [4.78, 5) is 17.1. The van der Waals surface area contributed by atoms with Crippen molar-refractivity contribution in [3.8, 4) is 11.5 Å². The Bertz CT molecular complexity index is 1900. The van der Waals surface area contributed by atoms with Crippen LogP contribution in [0.5, 0.6) is 11.5 Å². The third kappa shape index (κ3) is 9.89. The Hall–Kier alpha value is -3.39. The van der Waals surface area contributed by atoms with E-state index in [9.17, 15) is 4.79 Å². The van der Waals surface area contributed by atoms with Crippen LogP contribution in [0.4, 0.5) is 4.79 Å². The van der Waals surface area contributed by atoms with Crippen LogP contribution < -0.4 is 20.1 Å². The lowest BCUT2D eigenvalue weighted by molar-refractivity contribution is 0.0204. The second-order valence-corrected chi connectivity index (χ2v) is 25.1. The third-order valence-electron chi connectivity index (χ3n) is 11.6. The van der Waals surface area contributed by atoms with E-state index in [-0.39, 0.29) is 39.5 Å². The number of hydrogen-bond donors (Lipinski definition) is 0. The third-order valence-corrected chi connectivity index (χ3v) is 15.5. The van der Waals surface area contributed by atoms with Crippen molar-refractivity contribution in [3.05, 3.63) is 118 Å². The van der Waals surface area contributed by atoms with E-state index < -0.39 is 18.7 Å². The number of ether oxygens (including phenoxy) is 3. The Labute approximate surface area is 361 Å². The molecule has 4 aromatic carbocycles. The van der Waals surface area contributed by atoms with Crippen molar-refractivity contribution in [1.29, 1.82) is 0 Å². The Balaban J connectivity index is 1.96. The second kappa shape index (κ2) is 16.8. The fourth-order valence-electron chi connectivity index (χ4n) is 8.66. The van der Waals surface area contributed by atoms with Gasteiger partial charge < -0.3 is 19.1 Å². The molecule has 3 atom stereocenters. The first-order chi connectivity index (χ1) is 27.1. The normalized spacial score (nSPS) is 17.0. The van der Waals surface area contributed by atoms with Gasteiger partial charge >= 0.3 is 6.09 Å². The van der Waals surface area contributed by atoms with Gasteiger partial charge in [0, 0.05) is 34.5 Å². The molecule has 5 nitrogen and oxygen atoms in total. The first-order valence-electron chi connectivity index (χ1n) is 21.3. The molecule has 0 bridgehead atoms. The lowest BCUT2D eigenvalue weighted by atomic mass is 9.72. The van der Waals surface area contributed by atoms with Crippen LogP contribution in [0.2, 0.25) is 0 Å². The van der Waals surface area contributed by atoms with Gasteiger partial charge in [-0.1, -0.05) is 168 Å². The van der Waals surface area contributed by atoms with Gasteiger partial charge in [-0.3, -0.25) is 0 Å². The molecule has 0 N–H and O–H groups in total. The van der Waals surface area contributed by atoms with E-state index in [0.29, 0.717) is 6.54 Å². The Morgan fingerprint density at radius 1 is 0.593 bits per heavy atom. The lowest BCUT2D eigenvalue weighted by Crippen LogP contribution is -2.49. The average Bonchev–Trinajstić information content (AvgIpc) is 3.58. The Morgan fingerprint density at radius 3 is 1.22 bits per heavy atom. The highest BCUT2D eigenvalue weighted by atomic mass is 31.1. The van der Waals surface area contributed by atoms with Crippen molar-refractivity contribution in [2.45, 2.75) is 154 Å². The van der Waals surface area contributed by atoms with Crippen LogP contribution in [0.25, 0.3) is 0 Å². The molecule has 1 saturated heterocycles. The highest BCUT2D eigenvalue weighted by Gasteiger charge is 2.52. The fourth-order valence-corrected chi connectivity index (χ4v) is 12.2. The molecule has 0 aliphatic carbocycles. The van der Waals surface area contributed by atoms with E-state index in [1.165, 1.54) is 10.6 Å². The van der Waals surface area contributed by atoms with Gasteiger partial charge in [0.25, 0.3) is 0 Å². The van der Waals surface area contributed by atoms with Crippen LogP contribution in [0.1, 0.15) is 144 Å². The highest BCUT2D eigenvalue weighted by molar-refractivity contribution is 7.73. The summed E-state index contributed by atoms with van der Waals surface area (Å²) in [6.07, 6.45) is 0.482. The van der Waals surface area contributed by atoms with Crippen molar-refractivity contribution in [2.75, 3.05) is 20.8 Å². The predicted molar refractivity (Wildman–Crippen MR) is 255 cm³/mol. The zero-order chi connectivity index (χ0) is 44.1. The molecule has 1 heterocycles. The summed E-state index contributed by atoms with van der Waals surface area (Å²) in [5, 5.41) is 1.82. The molecule has 0 spiro atoms. The standard InChI is InChI=1S/C52H73NO4P2/c1-47(2,3)39-28-34(29-40(44(39)55-16)48(4,5)6)52(58,35-30-41(49(7,8)9)45(56-17)42(31-35)50(10,11)12)43-32-38(33-53(43)46(54)57-51(13,14)15)59(36-24-20-18-21-25-36)37-26-22-19-23-27-37/h18-31,38,43H,32-33,58H2,1-17H3/t38-,43-/m0/s1. The summed E-state index contributed by atoms with van der Waals surface area (Å²) in [5.41, 5.74) is 5.35. The number of carbonyl (C=O) groups is 1. The number of amides is 1. The van der Waals surface area contributed by atoms with Crippen molar-refractivity contribution in [2.24, 2.45) is 0 Å². The number of methoxy groups -OCH3 is 2. The van der Waals surface area contributed by atoms with Crippen molar-refractivity contribution in [1.82, 2.24) is 4.90 Å².